The Morgan fingerprint density at radius 2 is 1.96 bits per heavy atom. The van der Waals surface area contributed by atoms with Crippen LogP contribution in [0.3, 0.4) is 0 Å². The van der Waals surface area contributed by atoms with E-state index in [0.29, 0.717) is 35.4 Å². The minimum atomic E-state index is -0.0606. The second-order valence-electron chi connectivity index (χ2n) is 6.36. The van der Waals surface area contributed by atoms with Gasteiger partial charge in [0.15, 0.2) is 5.78 Å². The lowest BCUT2D eigenvalue weighted by molar-refractivity contribution is -0.135. The molecule has 8 heteroatoms. The SMILES string of the molecule is O=C(CCC(=O)N1CC(c2nc(-c3cccs3)no2)C1)c1ccc(Cl)cc1. The normalized spacial score (nSPS) is 14.2. The highest BCUT2D eigenvalue weighted by molar-refractivity contribution is 7.13. The van der Waals surface area contributed by atoms with E-state index in [0.717, 1.165) is 4.88 Å². The maximum Gasteiger partial charge on any atom is 0.233 e. The van der Waals surface area contributed by atoms with E-state index in [4.69, 9.17) is 16.1 Å². The summed E-state index contributed by atoms with van der Waals surface area (Å²) in [5, 5.41) is 6.54. The molecule has 4 rings (SSSR count). The van der Waals surface area contributed by atoms with Gasteiger partial charge in [0.2, 0.25) is 17.6 Å². The van der Waals surface area contributed by atoms with Gasteiger partial charge in [-0.25, -0.2) is 0 Å². The van der Waals surface area contributed by atoms with Gasteiger partial charge in [-0.1, -0.05) is 22.8 Å². The van der Waals surface area contributed by atoms with Crippen molar-refractivity contribution in [3.05, 3.63) is 58.3 Å². The molecule has 27 heavy (non-hydrogen) atoms. The molecule has 0 saturated carbocycles. The topological polar surface area (TPSA) is 76.3 Å². The minimum Gasteiger partial charge on any atom is -0.341 e. The van der Waals surface area contributed by atoms with Crippen molar-refractivity contribution in [1.82, 2.24) is 15.0 Å². The fourth-order valence-electron chi connectivity index (χ4n) is 2.90. The first-order chi connectivity index (χ1) is 13.1. The number of hydrogen-bond donors (Lipinski definition) is 0. The highest BCUT2D eigenvalue weighted by atomic mass is 35.5. The molecular formula is C19H16ClN3O3S. The molecule has 3 heterocycles. The van der Waals surface area contributed by atoms with E-state index in [1.165, 1.54) is 0 Å². The van der Waals surface area contributed by atoms with Crippen molar-refractivity contribution in [3.63, 3.8) is 0 Å². The Morgan fingerprint density at radius 1 is 1.19 bits per heavy atom. The monoisotopic (exact) mass is 401 g/mol. The van der Waals surface area contributed by atoms with E-state index < -0.39 is 0 Å². The van der Waals surface area contributed by atoms with Crippen LogP contribution in [0.15, 0.2) is 46.3 Å². The van der Waals surface area contributed by atoms with Crippen LogP contribution in [0.25, 0.3) is 10.7 Å². The van der Waals surface area contributed by atoms with E-state index in [-0.39, 0.29) is 30.4 Å². The van der Waals surface area contributed by atoms with Gasteiger partial charge >= 0.3 is 0 Å². The van der Waals surface area contributed by atoms with E-state index in [9.17, 15) is 9.59 Å². The van der Waals surface area contributed by atoms with Crippen molar-refractivity contribution < 1.29 is 14.1 Å². The fourth-order valence-corrected chi connectivity index (χ4v) is 3.68. The number of aromatic nitrogens is 2. The van der Waals surface area contributed by atoms with Crippen LogP contribution in [-0.2, 0) is 4.79 Å². The molecule has 0 N–H and O–H groups in total. The molecule has 138 valence electrons. The van der Waals surface area contributed by atoms with Gasteiger partial charge in [-0.3, -0.25) is 9.59 Å². The van der Waals surface area contributed by atoms with Crippen LogP contribution in [0, 0.1) is 0 Å². The van der Waals surface area contributed by atoms with Crippen LogP contribution >= 0.6 is 22.9 Å². The van der Waals surface area contributed by atoms with E-state index in [1.807, 2.05) is 17.5 Å². The highest BCUT2D eigenvalue weighted by Gasteiger charge is 2.35. The van der Waals surface area contributed by atoms with Crippen LogP contribution < -0.4 is 0 Å². The zero-order valence-electron chi connectivity index (χ0n) is 14.3. The molecule has 1 aliphatic heterocycles. The standard InChI is InChI=1S/C19H16ClN3O3S/c20-14-5-3-12(4-6-14)15(24)7-8-17(25)23-10-13(11-23)19-21-18(22-26-19)16-2-1-9-27-16/h1-6,9,13H,7-8,10-11H2. The summed E-state index contributed by atoms with van der Waals surface area (Å²) in [7, 11) is 0. The first-order valence-corrected chi connectivity index (χ1v) is 9.80. The average molecular weight is 402 g/mol. The quantitative estimate of drug-likeness (QED) is 0.582. The van der Waals surface area contributed by atoms with Crippen molar-refractivity contribution in [2.75, 3.05) is 13.1 Å². The number of hydrogen-bond acceptors (Lipinski definition) is 6. The smallest absolute Gasteiger partial charge is 0.233 e. The van der Waals surface area contributed by atoms with Gasteiger partial charge in [-0.2, -0.15) is 4.98 Å². The number of ketones is 1. The molecule has 1 aliphatic rings. The van der Waals surface area contributed by atoms with Gasteiger partial charge in [-0.15, -0.1) is 11.3 Å². The van der Waals surface area contributed by atoms with Crippen LogP contribution in [0.1, 0.15) is 35.0 Å². The van der Waals surface area contributed by atoms with Gasteiger partial charge in [0.05, 0.1) is 10.8 Å². The van der Waals surface area contributed by atoms with Crippen molar-refractivity contribution in [2.45, 2.75) is 18.8 Å². The predicted octanol–water partition coefficient (Wildman–Crippen LogP) is 4.04. The Morgan fingerprint density at radius 3 is 2.67 bits per heavy atom. The summed E-state index contributed by atoms with van der Waals surface area (Å²) in [4.78, 5) is 31.5. The zero-order valence-corrected chi connectivity index (χ0v) is 15.9. The maximum absolute atomic E-state index is 12.3. The van der Waals surface area contributed by atoms with Crippen LogP contribution in [-0.4, -0.2) is 39.8 Å². The molecule has 1 aromatic carbocycles. The summed E-state index contributed by atoms with van der Waals surface area (Å²) in [5.41, 5.74) is 0.570. The molecule has 0 bridgehead atoms. The Bertz CT molecular complexity index is 947. The summed E-state index contributed by atoms with van der Waals surface area (Å²) < 4.78 is 5.33. The number of carbonyl (C=O) groups is 2. The van der Waals surface area contributed by atoms with E-state index >= 15 is 0 Å². The van der Waals surface area contributed by atoms with Crippen LogP contribution in [0.5, 0.6) is 0 Å². The zero-order chi connectivity index (χ0) is 18.8. The average Bonchev–Trinajstić information content (AvgIpc) is 3.30. The molecule has 1 amide bonds. The van der Waals surface area contributed by atoms with Gasteiger partial charge in [0.1, 0.15) is 0 Å². The molecule has 2 aromatic heterocycles. The summed E-state index contributed by atoms with van der Waals surface area (Å²) in [6.07, 6.45) is 0.378. The first-order valence-electron chi connectivity index (χ1n) is 8.54. The number of Topliss-reactive ketones (excluding diaryl/α,β-unsaturated/α-hetero) is 1. The third-order valence-corrected chi connectivity index (χ3v) is 5.62. The van der Waals surface area contributed by atoms with Gasteiger partial charge in [-0.05, 0) is 35.7 Å². The van der Waals surface area contributed by atoms with Crippen molar-refractivity contribution >= 4 is 34.6 Å². The molecule has 0 atom stereocenters. The molecule has 0 spiro atoms. The number of likely N-dealkylation sites (tertiary alicyclic amines) is 1. The summed E-state index contributed by atoms with van der Waals surface area (Å²) in [6.45, 7) is 1.08. The molecule has 0 radical (unpaired) electrons. The summed E-state index contributed by atoms with van der Waals surface area (Å²) >= 11 is 7.37. The Kier molecular flexibility index (Phi) is 5.05. The number of halogens is 1. The Labute approximate surface area is 164 Å². The highest BCUT2D eigenvalue weighted by Crippen LogP contribution is 2.29. The molecule has 0 unspecified atom stereocenters. The lowest BCUT2D eigenvalue weighted by atomic mass is 9.98. The number of rotatable bonds is 6. The fraction of sp³-hybridized carbons (Fsp3) is 0.263. The third-order valence-electron chi connectivity index (χ3n) is 4.50. The lowest BCUT2D eigenvalue weighted by Crippen LogP contribution is -2.48. The second-order valence-corrected chi connectivity index (χ2v) is 7.74. The molecule has 0 aliphatic carbocycles. The third kappa shape index (κ3) is 3.94. The minimum absolute atomic E-state index is 0.0356. The van der Waals surface area contributed by atoms with Crippen LogP contribution in [0.2, 0.25) is 5.02 Å². The molecule has 6 nitrogen and oxygen atoms in total. The number of nitrogens with zero attached hydrogens (tertiary/aromatic N) is 3. The molecule has 3 aromatic rings. The molecule has 1 fully saturated rings. The van der Waals surface area contributed by atoms with Gasteiger partial charge < -0.3 is 9.42 Å². The second kappa shape index (κ2) is 7.62. The van der Waals surface area contributed by atoms with Crippen molar-refractivity contribution in [1.29, 1.82) is 0 Å². The maximum atomic E-state index is 12.3. The van der Waals surface area contributed by atoms with Gasteiger partial charge in [0, 0.05) is 36.5 Å². The Hall–Kier alpha value is -2.51. The van der Waals surface area contributed by atoms with Crippen molar-refractivity contribution in [3.8, 4) is 10.7 Å². The summed E-state index contributed by atoms with van der Waals surface area (Å²) in [5.74, 6) is 1.10. The number of amides is 1. The summed E-state index contributed by atoms with van der Waals surface area (Å²) in [6, 6.07) is 10.6. The van der Waals surface area contributed by atoms with Crippen LogP contribution in [0.4, 0.5) is 0 Å². The predicted molar refractivity (Wildman–Crippen MR) is 102 cm³/mol. The lowest BCUT2D eigenvalue weighted by Gasteiger charge is -2.37. The van der Waals surface area contributed by atoms with E-state index in [1.54, 1.807) is 40.5 Å². The van der Waals surface area contributed by atoms with E-state index in [2.05, 4.69) is 10.1 Å². The molecular weight excluding hydrogens is 386 g/mol. The van der Waals surface area contributed by atoms with Gasteiger partial charge in [0.25, 0.3) is 0 Å². The largest absolute Gasteiger partial charge is 0.341 e. The number of thiophene rings is 1. The first kappa shape index (κ1) is 17.9. The molecule has 1 saturated heterocycles. The van der Waals surface area contributed by atoms with Crippen molar-refractivity contribution in [2.24, 2.45) is 0 Å². The number of benzene rings is 1. The number of carbonyl (C=O) groups excluding carboxylic acids is 2. The Balaban J connectivity index is 1.26.